The molecule has 1 atom stereocenters. The zero-order valence-electron chi connectivity index (χ0n) is 17.3. The fourth-order valence-electron chi connectivity index (χ4n) is 4.51. The number of aliphatic imine (C=N–C) groups is 1. The Bertz CT molecular complexity index is 769. The molecule has 1 aliphatic carbocycles. The molecule has 0 spiro atoms. The molecule has 158 valence electrons. The third-order valence-electron chi connectivity index (χ3n) is 6.00. The summed E-state index contributed by atoms with van der Waals surface area (Å²) in [5, 5.41) is 7.11. The highest BCUT2D eigenvalue weighted by Gasteiger charge is 2.30. The molecule has 1 saturated heterocycles. The van der Waals surface area contributed by atoms with Crippen LogP contribution in [0.4, 0.5) is 0 Å². The standard InChI is InChI=1S/C22H32N6.HI/c1-23-22(26-20-9-11-28(16-20)21-7-2-3-8-21)25-14-18-5-4-6-19(13-18)15-27-12-10-24-17-27;/h4-6,10,12-13,17,20-21H,2-3,7-9,11,14-16H2,1H3,(H2,23,25,26);1H. The number of hydrogen-bond donors (Lipinski definition) is 2. The van der Waals surface area contributed by atoms with E-state index in [0.29, 0.717) is 6.04 Å². The second-order valence-electron chi connectivity index (χ2n) is 8.04. The van der Waals surface area contributed by atoms with E-state index in [1.807, 2.05) is 25.8 Å². The first-order chi connectivity index (χ1) is 13.8. The first-order valence-electron chi connectivity index (χ1n) is 10.5. The Morgan fingerprint density at radius 3 is 2.79 bits per heavy atom. The summed E-state index contributed by atoms with van der Waals surface area (Å²) in [6.45, 7) is 3.98. The van der Waals surface area contributed by atoms with Gasteiger partial charge in [0.2, 0.25) is 0 Å². The van der Waals surface area contributed by atoms with Crippen molar-refractivity contribution in [3.05, 3.63) is 54.1 Å². The molecule has 0 radical (unpaired) electrons. The number of rotatable bonds is 6. The van der Waals surface area contributed by atoms with Gasteiger partial charge in [-0.15, -0.1) is 24.0 Å². The SMILES string of the molecule is CN=C(NCc1cccc(Cn2ccnc2)c1)NC1CCN(C2CCCC2)C1.I. The zero-order chi connectivity index (χ0) is 19.2. The summed E-state index contributed by atoms with van der Waals surface area (Å²) in [7, 11) is 1.86. The quantitative estimate of drug-likeness (QED) is 0.358. The lowest BCUT2D eigenvalue weighted by Gasteiger charge is -2.24. The van der Waals surface area contributed by atoms with E-state index in [-0.39, 0.29) is 24.0 Å². The molecule has 7 heteroatoms. The first-order valence-corrected chi connectivity index (χ1v) is 10.5. The Balaban J connectivity index is 0.00000240. The molecule has 2 aromatic rings. The van der Waals surface area contributed by atoms with Crippen LogP contribution >= 0.6 is 24.0 Å². The molecule has 1 saturated carbocycles. The highest BCUT2D eigenvalue weighted by Crippen LogP contribution is 2.26. The van der Waals surface area contributed by atoms with Crippen molar-refractivity contribution in [3.63, 3.8) is 0 Å². The minimum Gasteiger partial charge on any atom is -0.352 e. The Morgan fingerprint density at radius 2 is 2.03 bits per heavy atom. The smallest absolute Gasteiger partial charge is 0.191 e. The lowest BCUT2D eigenvalue weighted by atomic mass is 10.1. The second kappa shape index (κ2) is 11.0. The van der Waals surface area contributed by atoms with Crippen molar-refractivity contribution >= 4 is 29.9 Å². The second-order valence-corrected chi connectivity index (χ2v) is 8.04. The number of halogens is 1. The summed E-state index contributed by atoms with van der Waals surface area (Å²) in [6.07, 6.45) is 12.4. The Kier molecular flexibility index (Phi) is 8.35. The van der Waals surface area contributed by atoms with E-state index >= 15 is 0 Å². The third kappa shape index (κ3) is 6.18. The van der Waals surface area contributed by atoms with Crippen LogP contribution in [0.15, 0.2) is 48.0 Å². The molecule has 2 aliphatic rings. The predicted molar refractivity (Wildman–Crippen MR) is 129 cm³/mol. The molecule has 1 aromatic carbocycles. The topological polar surface area (TPSA) is 57.5 Å². The van der Waals surface area contributed by atoms with Gasteiger partial charge in [-0.05, 0) is 30.4 Å². The lowest BCUT2D eigenvalue weighted by Crippen LogP contribution is -2.45. The van der Waals surface area contributed by atoms with E-state index in [2.05, 4.69) is 54.3 Å². The number of likely N-dealkylation sites (tertiary alicyclic amines) is 1. The van der Waals surface area contributed by atoms with Gasteiger partial charge in [0.05, 0.1) is 6.33 Å². The van der Waals surface area contributed by atoms with Gasteiger partial charge in [-0.1, -0.05) is 37.1 Å². The molecule has 4 rings (SSSR count). The minimum atomic E-state index is 0. The summed E-state index contributed by atoms with van der Waals surface area (Å²) in [4.78, 5) is 11.2. The number of benzene rings is 1. The van der Waals surface area contributed by atoms with E-state index in [0.717, 1.165) is 31.6 Å². The van der Waals surface area contributed by atoms with Gasteiger partial charge in [-0.25, -0.2) is 4.98 Å². The number of imidazole rings is 1. The highest BCUT2D eigenvalue weighted by atomic mass is 127. The Hall–Kier alpha value is -1.61. The maximum absolute atomic E-state index is 4.44. The van der Waals surface area contributed by atoms with Gasteiger partial charge in [0.1, 0.15) is 0 Å². The average molecular weight is 508 g/mol. The van der Waals surface area contributed by atoms with Crippen molar-refractivity contribution < 1.29 is 0 Å². The van der Waals surface area contributed by atoms with E-state index in [4.69, 9.17) is 0 Å². The molecule has 2 N–H and O–H groups in total. The van der Waals surface area contributed by atoms with Crippen LogP contribution < -0.4 is 10.6 Å². The number of hydrogen-bond acceptors (Lipinski definition) is 3. The summed E-state index contributed by atoms with van der Waals surface area (Å²) < 4.78 is 2.09. The van der Waals surface area contributed by atoms with Gasteiger partial charge >= 0.3 is 0 Å². The molecule has 0 amide bonds. The van der Waals surface area contributed by atoms with Gasteiger partial charge in [-0.3, -0.25) is 9.89 Å². The monoisotopic (exact) mass is 508 g/mol. The van der Waals surface area contributed by atoms with E-state index in [1.54, 1.807) is 0 Å². The van der Waals surface area contributed by atoms with Crippen molar-refractivity contribution in [2.75, 3.05) is 20.1 Å². The van der Waals surface area contributed by atoms with Crippen molar-refractivity contribution in [2.45, 2.75) is 57.3 Å². The van der Waals surface area contributed by atoms with Gasteiger partial charge < -0.3 is 15.2 Å². The van der Waals surface area contributed by atoms with Crippen LogP contribution in [0.3, 0.4) is 0 Å². The van der Waals surface area contributed by atoms with Gasteiger partial charge in [0.15, 0.2) is 5.96 Å². The van der Waals surface area contributed by atoms with Crippen LogP contribution in [0, 0.1) is 0 Å². The highest BCUT2D eigenvalue weighted by molar-refractivity contribution is 14.0. The fourth-order valence-corrected chi connectivity index (χ4v) is 4.51. The molecule has 1 aromatic heterocycles. The predicted octanol–water partition coefficient (Wildman–Crippen LogP) is 3.23. The maximum Gasteiger partial charge on any atom is 0.191 e. The van der Waals surface area contributed by atoms with Crippen LogP contribution in [0.25, 0.3) is 0 Å². The van der Waals surface area contributed by atoms with E-state index < -0.39 is 0 Å². The molecular formula is C22H33IN6. The largest absolute Gasteiger partial charge is 0.352 e. The summed E-state index contributed by atoms with van der Waals surface area (Å²) in [5.74, 6) is 0.901. The van der Waals surface area contributed by atoms with Crippen LogP contribution in [0.1, 0.15) is 43.2 Å². The van der Waals surface area contributed by atoms with Crippen molar-refractivity contribution in [1.29, 1.82) is 0 Å². The maximum atomic E-state index is 4.44. The molecule has 2 fully saturated rings. The van der Waals surface area contributed by atoms with E-state index in [9.17, 15) is 0 Å². The fraction of sp³-hybridized carbons (Fsp3) is 0.545. The third-order valence-corrected chi connectivity index (χ3v) is 6.00. The van der Waals surface area contributed by atoms with Crippen molar-refractivity contribution in [3.8, 4) is 0 Å². The van der Waals surface area contributed by atoms with Crippen LogP contribution in [0.2, 0.25) is 0 Å². The minimum absolute atomic E-state index is 0. The van der Waals surface area contributed by atoms with Gasteiger partial charge in [0, 0.05) is 57.7 Å². The number of guanidine groups is 1. The van der Waals surface area contributed by atoms with Crippen LogP contribution in [0.5, 0.6) is 0 Å². The Morgan fingerprint density at radius 1 is 1.21 bits per heavy atom. The zero-order valence-corrected chi connectivity index (χ0v) is 19.6. The lowest BCUT2D eigenvalue weighted by molar-refractivity contribution is 0.242. The van der Waals surface area contributed by atoms with Gasteiger partial charge in [-0.2, -0.15) is 0 Å². The van der Waals surface area contributed by atoms with E-state index in [1.165, 1.54) is 49.8 Å². The molecular weight excluding hydrogens is 475 g/mol. The summed E-state index contributed by atoms with van der Waals surface area (Å²) >= 11 is 0. The normalized spacial score (nSPS) is 20.6. The number of aromatic nitrogens is 2. The molecule has 6 nitrogen and oxygen atoms in total. The van der Waals surface area contributed by atoms with Crippen LogP contribution in [-0.4, -0.2) is 52.6 Å². The van der Waals surface area contributed by atoms with Gasteiger partial charge in [0.25, 0.3) is 0 Å². The first kappa shape index (κ1) is 22.1. The van der Waals surface area contributed by atoms with Crippen LogP contribution in [-0.2, 0) is 13.1 Å². The number of nitrogens with zero attached hydrogens (tertiary/aromatic N) is 4. The van der Waals surface area contributed by atoms with Crippen molar-refractivity contribution in [1.82, 2.24) is 25.1 Å². The summed E-state index contributed by atoms with van der Waals surface area (Å²) in [5.41, 5.74) is 2.54. The molecule has 2 heterocycles. The molecule has 29 heavy (non-hydrogen) atoms. The van der Waals surface area contributed by atoms with Crippen molar-refractivity contribution in [2.24, 2.45) is 4.99 Å². The number of nitrogens with one attached hydrogen (secondary N) is 2. The summed E-state index contributed by atoms with van der Waals surface area (Å²) in [6, 6.07) is 10.0. The molecule has 1 aliphatic heterocycles. The Labute approximate surface area is 191 Å². The molecule has 0 bridgehead atoms. The molecule has 1 unspecified atom stereocenters. The average Bonchev–Trinajstić information content (AvgIpc) is 3.47.